The molecule has 0 aromatic carbocycles. The molecule has 0 radical (unpaired) electrons. The van der Waals surface area contributed by atoms with E-state index < -0.39 is 0 Å². The Hall–Kier alpha value is -1.20. The van der Waals surface area contributed by atoms with E-state index in [0.29, 0.717) is 5.92 Å². The van der Waals surface area contributed by atoms with Gasteiger partial charge in [0.15, 0.2) is 5.82 Å². The molecule has 3 heterocycles. The van der Waals surface area contributed by atoms with E-state index in [1.165, 1.54) is 11.3 Å². The predicted molar refractivity (Wildman–Crippen MR) is 66.3 cm³/mol. The smallest absolute Gasteiger partial charge is 0.231 e. The average Bonchev–Trinajstić information content (AvgIpc) is 3.02. The number of rotatable bonds is 3. The summed E-state index contributed by atoms with van der Waals surface area (Å²) in [6, 6.07) is 4.15. The van der Waals surface area contributed by atoms with Crippen LogP contribution in [0, 0.1) is 0 Å². The fourth-order valence-electron chi connectivity index (χ4n) is 2.14. The van der Waals surface area contributed by atoms with Gasteiger partial charge in [0, 0.05) is 17.8 Å². The van der Waals surface area contributed by atoms with Crippen LogP contribution in [0.25, 0.3) is 0 Å². The van der Waals surface area contributed by atoms with Gasteiger partial charge in [-0.1, -0.05) is 11.2 Å². The minimum atomic E-state index is 0.397. The lowest BCUT2D eigenvalue weighted by molar-refractivity contribution is 0.320. The first-order valence-corrected chi connectivity index (χ1v) is 6.85. The molecule has 4 nitrogen and oxygen atoms in total. The summed E-state index contributed by atoms with van der Waals surface area (Å²) >= 11 is 1.73. The van der Waals surface area contributed by atoms with Crippen molar-refractivity contribution < 1.29 is 4.52 Å². The van der Waals surface area contributed by atoms with E-state index in [1.54, 1.807) is 11.3 Å². The molecule has 1 unspecified atom stereocenters. The third-order valence-corrected chi connectivity index (χ3v) is 3.92. The van der Waals surface area contributed by atoms with Gasteiger partial charge in [0.1, 0.15) is 0 Å². The van der Waals surface area contributed by atoms with Crippen molar-refractivity contribution in [1.82, 2.24) is 15.5 Å². The topological polar surface area (TPSA) is 51.0 Å². The molecule has 0 amide bonds. The Morgan fingerprint density at radius 1 is 1.53 bits per heavy atom. The molecule has 0 bridgehead atoms. The molecule has 0 aliphatic carbocycles. The van der Waals surface area contributed by atoms with Gasteiger partial charge < -0.3 is 9.84 Å². The first-order valence-electron chi connectivity index (χ1n) is 5.97. The first-order chi connectivity index (χ1) is 8.42. The van der Waals surface area contributed by atoms with Crippen molar-refractivity contribution in [3.63, 3.8) is 0 Å². The van der Waals surface area contributed by atoms with Gasteiger partial charge in [-0.25, -0.2) is 0 Å². The summed E-state index contributed by atoms with van der Waals surface area (Å²) in [6.45, 7) is 2.06. The maximum atomic E-state index is 5.36. The predicted octanol–water partition coefficient (Wildman–Crippen LogP) is 2.19. The van der Waals surface area contributed by atoms with E-state index in [0.717, 1.165) is 37.6 Å². The van der Waals surface area contributed by atoms with Crippen molar-refractivity contribution >= 4 is 11.3 Å². The SMILES string of the molecule is c1csc(Cc2noc(C3CCCNC3)n2)c1. The molecule has 5 heteroatoms. The van der Waals surface area contributed by atoms with Crippen LogP contribution in [0.3, 0.4) is 0 Å². The average molecular weight is 249 g/mol. The molecule has 1 atom stereocenters. The molecular formula is C12H15N3OS. The van der Waals surface area contributed by atoms with Gasteiger partial charge in [0.05, 0.1) is 5.92 Å². The summed E-state index contributed by atoms with van der Waals surface area (Å²) < 4.78 is 5.36. The van der Waals surface area contributed by atoms with E-state index in [-0.39, 0.29) is 0 Å². The van der Waals surface area contributed by atoms with Gasteiger partial charge in [-0.05, 0) is 30.8 Å². The zero-order chi connectivity index (χ0) is 11.5. The van der Waals surface area contributed by atoms with Crippen LogP contribution in [0.5, 0.6) is 0 Å². The Morgan fingerprint density at radius 3 is 3.29 bits per heavy atom. The lowest BCUT2D eigenvalue weighted by Crippen LogP contribution is -2.28. The van der Waals surface area contributed by atoms with Crippen LogP contribution in [0.15, 0.2) is 22.0 Å². The van der Waals surface area contributed by atoms with Gasteiger partial charge in [-0.15, -0.1) is 11.3 Å². The maximum Gasteiger partial charge on any atom is 0.231 e. The largest absolute Gasteiger partial charge is 0.339 e. The second-order valence-electron chi connectivity index (χ2n) is 4.35. The van der Waals surface area contributed by atoms with Crippen LogP contribution in [0.4, 0.5) is 0 Å². The molecule has 1 fully saturated rings. The Balaban J connectivity index is 1.69. The van der Waals surface area contributed by atoms with Crippen molar-refractivity contribution in [1.29, 1.82) is 0 Å². The minimum absolute atomic E-state index is 0.397. The third-order valence-electron chi connectivity index (χ3n) is 3.04. The summed E-state index contributed by atoms with van der Waals surface area (Å²) in [5.41, 5.74) is 0. The summed E-state index contributed by atoms with van der Waals surface area (Å²) in [6.07, 6.45) is 3.11. The number of nitrogens with one attached hydrogen (secondary N) is 1. The van der Waals surface area contributed by atoms with Crippen LogP contribution in [0.2, 0.25) is 0 Å². The lowest BCUT2D eigenvalue weighted by atomic mass is 10.00. The number of nitrogens with zero attached hydrogens (tertiary/aromatic N) is 2. The fraction of sp³-hybridized carbons (Fsp3) is 0.500. The minimum Gasteiger partial charge on any atom is -0.339 e. The third kappa shape index (κ3) is 2.56. The molecule has 1 aliphatic rings. The molecule has 90 valence electrons. The highest BCUT2D eigenvalue weighted by Gasteiger charge is 2.21. The number of thiophene rings is 1. The summed E-state index contributed by atoms with van der Waals surface area (Å²) in [5.74, 6) is 1.99. The summed E-state index contributed by atoms with van der Waals surface area (Å²) in [4.78, 5) is 5.77. The van der Waals surface area contributed by atoms with Crippen molar-refractivity contribution in [3.8, 4) is 0 Å². The molecule has 1 N–H and O–H groups in total. The van der Waals surface area contributed by atoms with Crippen molar-refractivity contribution in [3.05, 3.63) is 34.1 Å². The van der Waals surface area contributed by atoms with E-state index in [2.05, 4.69) is 26.9 Å². The Kier molecular flexibility index (Phi) is 3.20. The van der Waals surface area contributed by atoms with Crippen LogP contribution in [-0.2, 0) is 6.42 Å². The van der Waals surface area contributed by atoms with Gasteiger partial charge in [-0.3, -0.25) is 0 Å². The highest BCUT2D eigenvalue weighted by molar-refractivity contribution is 7.09. The van der Waals surface area contributed by atoms with Crippen molar-refractivity contribution in [2.24, 2.45) is 0 Å². The van der Waals surface area contributed by atoms with Gasteiger partial charge in [-0.2, -0.15) is 4.98 Å². The lowest BCUT2D eigenvalue weighted by Gasteiger charge is -2.18. The molecular weight excluding hydrogens is 234 g/mol. The van der Waals surface area contributed by atoms with E-state index in [1.807, 2.05) is 6.07 Å². The van der Waals surface area contributed by atoms with E-state index in [9.17, 15) is 0 Å². The molecule has 17 heavy (non-hydrogen) atoms. The molecule has 2 aromatic heterocycles. The Morgan fingerprint density at radius 2 is 2.53 bits per heavy atom. The second-order valence-corrected chi connectivity index (χ2v) is 5.38. The van der Waals surface area contributed by atoms with E-state index in [4.69, 9.17) is 4.52 Å². The zero-order valence-electron chi connectivity index (χ0n) is 9.56. The molecule has 1 aliphatic heterocycles. The normalized spacial score (nSPS) is 20.6. The second kappa shape index (κ2) is 4.98. The number of aromatic nitrogens is 2. The number of hydrogen-bond acceptors (Lipinski definition) is 5. The standard InChI is InChI=1S/C12H15N3OS/c1-3-9(8-13-5-1)12-14-11(15-16-12)7-10-4-2-6-17-10/h2,4,6,9,13H,1,3,5,7-8H2. The number of piperidine rings is 1. The van der Waals surface area contributed by atoms with Crippen LogP contribution in [-0.4, -0.2) is 23.2 Å². The van der Waals surface area contributed by atoms with Crippen LogP contribution >= 0.6 is 11.3 Å². The van der Waals surface area contributed by atoms with Crippen molar-refractivity contribution in [2.75, 3.05) is 13.1 Å². The maximum absolute atomic E-state index is 5.36. The fourth-order valence-corrected chi connectivity index (χ4v) is 2.84. The molecule has 0 spiro atoms. The van der Waals surface area contributed by atoms with Crippen LogP contribution in [0.1, 0.15) is 35.4 Å². The molecule has 0 saturated carbocycles. The quantitative estimate of drug-likeness (QED) is 0.906. The summed E-state index contributed by atoms with van der Waals surface area (Å²) in [5, 5.41) is 9.49. The van der Waals surface area contributed by atoms with Gasteiger partial charge >= 0.3 is 0 Å². The van der Waals surface area contributed by atoms with Crippen LogP contribution < -0.4 is 5.32 Å². The number of hydrogen-bond donors (Lipinski definition) is 1. The highest BCUT2D eigenvalue weighted by atomic mass is 32.1. The molecule has 1 saturated heterocycles. The van der Waals surface area contributed by atoms with Gasteiger partial charge in [0.25, 0.3) is 0 Å². The Labute approximate surface area is 104 Å². The first kappa shape index (κ1) is 10.9. The molecule has 3 rings (SSSR count). The Bertz CT molecular complexity index is 460. The molecule has 2 aromatic rings. The van der Waals surface area contributed by atoms with E-state index >= 15 is 0 Å². The monoisotopic (exact) mass is 249 g/mol. The highest BCUT2D eigenvalue weighted by Crippen LogP contribution is 2.22. The zero-order valence-corrected chi connectivity index (χ0v) is 10.4. The van der Waals surface area contributed by atoms with Crippen molar-refractivity contribution in [2.45, 2.75) is 25.2 Å². The summed E-state index contributed by atoms with van der Waals surface area (Å²) in [7, 11) is 0. The van der Waals surface area contributed by atoms with Gasteiger partial charge in [0.2, 0.25) is 5.89 Å².